The van der Waals surface area contributed by atoms with Crippen molar-refractivity contribution in [3.8, 4) is 0 Å². The van der Waals surface area contributed by atoms with Crippen LogP contribution in [0.1, 0.15) is 31.2 Å². The standard InChI is InChI=1S/C14H18O4/c15-13(16)8-4-7-12(14(17)18)10-9-11-5-2-1-3-6-11/h1-3,5-6,12H,4,7-10H2,(H,15,16)(H,17,18). The lowest BCUT2D eigenvalue weighted by molar-refractivity contribution is -0.143. The van der Waals surface area contributed by atoms with Gasteiger partial charge in [-0.1, -0.05) is 30.3 Å². The molecule has 18 heavy (non-hydrogen) atoms. The van der Waals surface area contributed by atoms with Gasteiger partial charge in [-0.3, -0.25) is 9.59 Å². The van der Waals surface area contributed by atoms with Crippen LogP contribution in [0, 0.1) is 5.92 Å². The van der Waals surface area contributed by atoms with Gasteiger partial charge in [0.25, 0.3) is 0 Å². The van der Waals surface area contributed by atoms with Crippen molar-refractivity contribution < 1.29 is 19.8 Å². The molecular weight excluding hydrogens is 232 g/mol. The Morgan fingerprint density at radius 2 is 1.72 bits per heavy atom. The molecule has 1 rings (SSSR count). The topological polar surface area (TPSA) is 74.6 Å². The number of aryl methyl sites for hydroxylation is 1. The molecule has 0 fully saturated rings. The summed E-state index contributed by atoms with van der Waals surface area (Å²) in [5, 5.41) is 17.6. The Balaban J connectivity index is 2.38. The summed E-state index contributed by atoms with van der Waals surface area (Å²) in [5.41, 5.74) is 1.11. The van der Waals surface area contributed by atoms with Gasteiger partial charge in [0.2, 0.25) is 0 Å². The fourth-order valence-corrected chi connectivity index (χ4v) is 1.88. The van der Waals surface area contributed by atoms with Gasteiger partial charge >= 0.3 is 11.9 Å². The van der Waals surface area contributed by atoms with E-state index in [1.54, 1.807) is 0 Å². The molecule has 0 radical (unpaired) electrons. The highest BCUT2D eigenvalue weighted by Crippen LogP contribution is 2.16. The number of carboxylic acids is 2. The van der Waals surface area contributed by atoms with E-state index in [1.165, 1.54) is 0 Å². The number of carbonyl (C=O) groups is 2. The summed E-state index contributed by atoms with van der Waals surface area (Å²) in [7, 11) is 0. The molecule has 0 spiro atoms. The van der Waals surface area contributed by atoms with Gasteiger partial charge in [0.15, 0.2) is 0 Å². The van der Waals surface area contributed by atoms with Crippen LogP contribution in [-0.2, 0) is 16.0 Å². The largest absolute Gasteiger partial charge is 0.481 e. The Bertz CT molecular complexity index is 386. The zero-order chi connectivity index (χ0) is 13.4. The highest BCUT2D eigenvalue weighted by atomic mass is 16.4. The summed E-state index contributed by atoms with van der Waals surface area (Å²) >= 11 is 0. The second kappa shape index (κ2) is 7.48. The summed E-state index contributed by atoms with van der Waals surface area (Å²) in [4.78, 5) is 21.4. The quantitative estimate of drug-likeness (QED) is 0.743. The highest BCUT2D eigenvalue weighted by Gasteiger charge is 2.17. The predicted octanol–water partition coefficient (Wildman–Crippen LogP) is 2.57. The average molecular weight is 250 g/mol. The van der Waals surface area contributed by atoms with Gasteiger partial charge in [0.1, 0.15) is 0 Å². The van der Waals surface area contributed by atoms with Crippen LogP contribution in [0.3, 0.4) is 0 Å². The molecule has 1 unspecified atom stereocenters. The summed E-state index contributed by atoms with van der Waals surface area (Å²) < 4.78 is 0. The minimum Gasteiger partial charge on any atom is -0.481 e. The van der Waals surface area contributed by atoms with Crippen LogP contribution in [0.2, 0.25) is 0 Å². The minimum absolute atomic E-state index is 0.0368. The van der Waals surface area contributed by atoms with E-state index >= 15 is 0 Å². The fourth-order valence-electron chi connectivity index (χ4n) is 1.88. The number of benzene rings is 1. The SMILES string of the molecule is O=C(O)CCCC(CCc1ccccc1)C(=O)O. The van der Waals surface area contributed by atoms with Crippen LogP contribution in [-0.4, -0.2) is 22.2 Å². The van der Waals surface area contributed by atoms with Gasteiger partial charge in [-0.2, -0.15) is 0 Å². The molecule has 0 aliphatic rings. The highest BCUT2D eigenvalue weighted by molar-refractivity contribution is 5.70. The normalized spacial score (nSPS) is 12.0. The zero-order valence-corrected chi connectivity index (χ0v) is 10.2. The Labute approximate surface area is 106 Å². The molecule has 0 heterocycles. The molecule has 1 aromatic carbocycles. The number of hydrogen-bond donors (Lipinski definition) is 2. The smallest absolute Gasteiger partial charge is 0.306 e. The van der Waals surface area contributed by atoms with Crippen molar-refractivity contribution in [2.75, 3.05) is 0 Å². The molecule has 4 nitrogen and oxygen atoms in total. The molecule has 98 valence electrons. The van der Waals surface area contributed by atoms with E-state index in [0.717, 1.165) is 5.56 Å². The lowest BCUT2D eigenvalue weighted by atomic mass is 9.94. The number of carboxylic acid groups (broad SMARTS) is 2. The molecular formula is C14H18O4. The third kappa shape index (κ3) is 5.48. The number of rotatable bonds is 8. The fraction of sp³-hybridized carbons (Fsp3) is 0.429. The van der Waals surface area contributed by atoms with Crippen molar-refractivity contribution in [3.05, 3.63) is 35.9 Å². The van der Waals surface area contributed by atoms with E-state index in [-0.39, 0.29) is 6.42 Å². The second-order valence-corrected chi connectivity index (χ2v) is 4.35. The van der Waals surface area contributed by atoms with Gasteiger partial charge in [0.05, 0.1) is 5.92 Å². The molecule has 0 aliphatic heterocycles. The van der Waals surface area contributed by atoms with Crippen molar-refractivity contribution in [1.29, 1.82) is 0 Å². The molecule has 0 saturated carbocycles. The van der Waals surface area contributed by atoms with E-state index in [1.807, 2.05) is 30.3 Å². The Morgan fingerprint density at radius 1 is 1.06 bits per heavy atom. The summed E-state index contributed by atoms with van der Waals surface area (Å²) in [5.74, 6) is -2.16. The molecule has 2 N–H and O–H groups in total. The van der Waals surface area contributed by atoms with Gasteiger partial charge in [0, 0.05) is 6.42 Å². The van der Waals surface area contributed by atoms with Crippen molar-refractivity contribution in [3.63, 3.8) is 0 Å². The maximum Gasteiger partial charge on any atom is 0.306 e. The molecule has 0 aliphatic carbocycles. The van der Waals surface area contributed by atoms with Crippen LogP contribution < -0.4 is 0 Å². The van der Waals surface area contributed by atoms with Gasteiger partial charge < -0.3 is 10.2 Å². The third-order valence-corrected chi connectivity index (χ3v) is 2.92. The molecule has 1 atom stereocenters. The number of hydrogen-bond acceptors (Lipinski definition) is 2. The van der Waals surface area contributed by atoms with Crippen LogP contribution in [0.5, 0.6) is 0 Å². The molecule has 0 aromatic heterocycles. The first-order valence-electron chi connectivity index (χ1n) is 6.08. The summed E-state index contributed by atoms with van der Waals surface area (Å²) in [6, 6.07) is 9.71. The van der Waals surface area contributed by atoms with Crippen LogP contribution in [0.4, 0.5) is 0 Å². The molecule has 0 saturated heterocycles. The van der Waals surface area contributed by atoms with E-state index in [0.29, 0.717) is 25.7 Å². The van der Waals surface area contributed by atoms with Gasteiger partial charge in [-0.15, -0.1) is 0 Å². The summed E-state index contributed by atoms with van der Waals surface area (Å²) in [6.07, 6.45) is 2.15. The molecule has 0 amide bonds. The van der Waals surface area contributed by atoms with Crippen molar-refractivity contribution in [2.24, 2.45) is 5.92 Å². The maximum absolute atomic E-state index is 11.0. The van der Waals surface area contributed by atoms with Crippen LogP contribution in [0.15, 0.2) is 30.3 Å². The second-order valence-electron chi connectivity index (χ2n) is 4.35. The average Bonchev–Trinajstić information content (AvgIpc) is 2.34. The first-order chi connectivity index (χ1) is 8.59. The lowest BCUT2D eigenvalue weighted by Crippen LogP contribution is -2.15. The van der Waals surface area contributed by atoms with Crippen molar-refractivity contribution in [2.45, 2.75) is 32.1 Å². The monoisotopic (exact) mass is 250 g/mol. The van der Waals surface area contributed by atoms with Crippen LogP contribution >= 0.6 is 0 Å². The van der Waals surface area contributed by atoms with E-state index in [4.69, 9.17) is 10.2 Å². The van der Waals surface area contributed by atoms with Gasteiger partial charge in [-0.25, -0.2) is 0 Å². The Hall–Kier alpha value is -1.84. The first-order valence-corrected chi connectivity index (χ1v) is 6.08. The van der Waals surface area contributed by atoms with Crippen LogP contribution in [0.25, 0.3) is 0 Å². The Morgan fingerprint density at radius 3 is 2.28 bits per heavy atom. The lowest BCUT2D eigenvalue weighted by Gasteiger charge is -2.11. The predicted molar refractivity (Wildman–Crippen MR) is 67.4 cm³/mol. The summed E-state index contributed by atoms with van der Waals surface area (Å²) in [6.45, 7) is 0. The Kier molecular flexibility index (Phi) is 5.91. The first kappa shape index (κ1) is 14.2. The molecule has 4 heteroatoms. The van der Waals surface area contributed by atoms with E-state index in [9.17, 15) is 9.59 Å². The van der Waals surface area contributed by atoms with Crippen molar-refractivity contribution in [1.82, 2.24) is 0 Å². The van der Waals surface area contributed by atoms with Crippen molar-refractivity contribution >= 4 is 11.9 Å². The minimum atomic E-state index is -0.873. The maximum atomic E-state index is 11.0. The van der Waals surface area contributed by atoms with E-state index in [2.05, 4.69) is 0 Å². The number of aliphatic carboxylic acids is 2. The van der Waals surface area contributed by atoms with Gasteiger partial charge in [-0.05, 0) is 31.2 Å². The van der Waals surface area contributed by atoms with E-state index < -0.39 is 17.9 Å². The molecule has 0 bridgehead atoms. The zero-order valence-electron chi connectivity index (χ0n) is 10.2. The third-order valence-electron chi connectivity index (χ3n) is 2.92. The molecule has 1 aromatic rings.